The first-order valence-corrected chi connectivity index (χ1v) is 20.3. The van der Waals surface area contributed by atoms with Crippen molar-refractivity contribution in [1.82, 2.24) is 0 Å². The van der Waals surface area contributed by atoms with Gasteiger partial charge in [-0.15, -0.1) is 0 Å². The summed E-state index contributed by atoms with van der Waals surface area (Å²) in [5, 5.41) is 2.57. The topological polar surface area (TPSA) is 3.24 Å². The van der Waals surface area contributed by atoms with Crippen molar-refractivity contribution in [3.8, 4) is 33.4 Å². The SMILES string of the molecule is CC1(C)c2ccccc2-c2c(N(c3ccccc3-c3ccc(-c4ccccc4)c4ccccc34)c3ccccc3C34CC5CC6C[C@H](C3)C65C4)cccc21. The van der Waals surface area contributed by atoms with E-state index in [4.69, 9.17) is 0 Å². The Morgan fingerprint density at radius 1 is 0.444 bits per heavy atom. The number of rotatable bonds is 6. The third-order valence-corrected chi connectivity index (χ3v) is 15.3. The summed E-state index contributed by atoms with van der Waals surface area (Å²) in [7, 11) is 0. The molecule has 4 unspecified atom stereocenters. The Bertz CT molecular complexity index is 2650. The molecule has 262 valence electrons. The van der Waals surface area contributed by atoms with E-state index in [2.05, 4.69) is 176 Å². The van der Waals surface area contributed by atoms with Crippen LogP contribution >= 0.6 is 0 Å². The minimum Gasteiger partial charge on any atom is -0.309 e. The van der Waals surface area contributed by atoms with E-state index in [1.165, 1.54) is 104 Å². The fourth-order valence-electron chi connectivity index (χ4n) is 13.1. The van der Waals surface area contributed by atoms with Crippen molar-refractivity contribution in [2.45, 2.75) is 56.8 Å². The summed E-state index contributed by atoms with van der Waals surface area (Å²) >= 11 is 0. The highest BCUT2D eigenvalue weighted by molar-refractivity contribution is 6.08. The largest absolute Gasteiger partial charge is 0.309 e. The number of benzene rings is 7. The van der Waals surface area contributed by atoms with Crippen molar-refractivity contribution in [1.29, 1.82) is 0 Å². The molecule has 0 aromatic heterocycles. The van der Waals surface area contributed by atoms with Crippen LogP contribution in [0.2, 0.25) is 0 Å². The van der Waals surface area contributed by atoms with Gasteiger partial charge in [0, 0.05) is 22.2 Å². The number of hydrogen-bond donors (Lipinski definition) is 0. The van der Waals surface area contributed by atoms with Gasteiger partial charge in [0.15, 0.2) is 0 Å². The third kappa shape index (κ3) is 3.90. The number of para-hydroxylation sites is 2. The quantitative estimate of drug-likeness (QED) is 0.167. The van der Waals surface area contributed by atoms with Crippen LogP contribution in [0.3, 0.4) is 0 Å². The molecule has 0 heterocycles. The molecule has 1 nitrogen and oxygen atoms in total. The first-order chi connectivity index (χ1) is 26.5. The lowest BCUT2D eigenvalue weighted by molar-refractivity contribution is -0.175. The van der Waals surface area contributed by atoms with Crippen LogP contribution in [0.25, 0.3) is 44.2 Å². The number of hydrogen-bond acceptors (Lipinski definition) is 1. The molecule has 2 bridgehead atoms. The molecular weight excluding hydrogens is 651 g/mol. The highest BCUT2D eigenvalue weighted by Gasteiger charge is 2.77. The Morgan fingerprint density at radius 3 is 1.76 bits per heavy atom. The van der Waals surface area contributed by atoms with Crippen LogP contribution in [0, 0.1) is 23.2 Å². The molecule has 7 aromatic rings. The fourth-order valence-corrected chi connectivity index (χ4v) is 13.1. The summed E-state index contributed by atoms with van der Waals surface area (Å²) in [5.74, 6) is 2.84. The molecule has 54 heavy (non-hydrogen) atoms. The molecule has 4 fully saturated rings. The van der Waals surface area contributed by atoms with Crippen molar-refractivity contribution < 1.29 is 0 Å². The van der Waals surface area contributed by atoms with Crippen LogP contribution in [-0.2, 0) is 10.8 Å². The van der Waals surface area contributed by atoms with E-state index in [9.17, 15) is 0 Å². The van der Waals surface area contributed by atoms with Gasteiger partial charge in [-0.3, -0.25) is 0 Å². The summed E-state index contributed by atoms with van der Waals surface area (Å²) in [6.07, 6.45) is 7.05. The summed E-state index contributed by atoms with van der Waals surface area (Å²) < 4.78 is 0. The molecule has 0 N–H and O–H groups in total. The molecule has 7 aromatic carbocycles. The second kappa shape index (κ2) is 10.9. The van der Waals surface area contributed by atoms with Gasteiger partial charge in [0.05, 0.1) is 11.4 Å². The first-order valence-electron chi connectivity index (χ1n) is 20.3. The van der Waals surface area contributed by atoms with Crippen molar-refractivity contribution >= 4 is 27.8 Å². The van der Waals surface area contributed by atoms with E-state index in [1.54, 1.807) is 5.56 Å². The zero-order valence-corrected chi connectivity index (χ0v) is 31.2. The van der Waals surface area contributed by atoms with E-state index in [1.807, 2.05) is 0 Å². The Kier molecular flexibility index (Phi) is 6.23. The lowest BCUT2D eigenvalue weighted by Crippen LogP contribution is -2.59. The molecule has 0 saturated heterocycles. The monoisotopic (exact) mass is 695 g/mol. The smallest absolute Gasteiger partial charge is 0.0543 e. The molecule has 0 amide bonds. The van der Waals surface area contributed by atoms with Crippen molar-refractivity contribution in [2.24, 2.45) is 23.2 Å². The highest BCUT2D eigenvalue weighted by Crippen LogP contribution is 2.85. The van der Waals surface area contributed by atoms with Crippen LogP contribution < -0.4 is 4.90 Å². The maximum Gasteiger partial charge on any atom is 0.0543 e. The Hall–Kier alpha value is -5.40. The normalized spacial score (nSPS) is 26.1. The van der Waals surface area contributed by atoms with Crippen LogP contribution in [0.4, 0.5) is 17.1 Å². The average molecular weight is 696 g/mol. The van der Waals surface area contributed by atoms with Crippen LogP contribution in [0.5, 0.6) is 0 Å². The lowest BCUT2D eigenvalue weighted by Gasteiger charge is -2.66. The van der Waals surface area contributed by atoms with Crippen LogP contribution in [0.15, 0.2) is 158 Å². The van der Waals surface area contributed by atoms with Crippen LogP contribution in [0.1, 0.15) is 62.6 Å². The molecule has 0 radical (unpaired) electrons. The van der Waals surface area contributed by atoms with Gasteiger partial charge in [-0.05, 0) is 129 Å². The predicted octanol–water partition coefficient (Wildman–Crippen LogP) is 14.0. The standard InChI is InChI=1S/C53H45N/c1-51(2)44-21-10-8-20-43(44)50-46(51)23-14-26-49(50)54(48-25-13-11-22-45(48)52-31-36-29-35-30-37(32-52)53(35,36)33-52)47-24-12-9-19-42(47)41-28-27-38(34-15-4-3-5-16-34)39-17-6-7-18-40(39)41/h3-28,35-37H,29-33H2,1-2H3/t35?,36-,37?,52?,53?/m1/s1. The molecule has 5 aliphatic rings. The molecule has 5 aliphatic carbocycles. The van der Waals surface area contributed by atoms with Gasteiger partial charge < -0.3 is 4.90 Å². The van der Waals surface area contributed by atoms with Gasteiger partial charge in [-0.1, -0.05) is 153 Å². The fraction of sp³-hybridized carbons (Fsp3) is 0.245. The zero-order chi connectivity index (χ0) is 35.8. The molecular formula is C53H45N. The number of anilines is 3. The molecule has 0 aliphatic heterocycles. The van der Waals surface area contributed by atoms with Gasteiger partial charge in [0.25, 0.3) is 0 Å². The molecule has 1 spiro atoms. The third-order valence-electron chi connectivity index (χ3n) is 15.3. The maximum absolute atomic E-state index is 2.70. The van der Waals surface area contributed by atoms with Crippen molar-refractivity contribution in [3.63, 3.8) is 0 Å². The second-order valence-electron chi connectivity index (χ2n) is 17.9. The average Bonchev–Trinajstić information content (AvgIpc) is 3.79. The summed E-state index contributed by atoms with van der Waals surface area (Å²) in [6.45, 7) is 4.82. The van der Waals surface area contributed by atoms with E-state index in [0.29, 0.717) is 5.41 Å². The summed E-state index contributed by atoms with van der Waals surface area (Å²) in [5.41, 5.74) is 16.9. The molecule has 4 saturated carbocycles. The van der Waals surface area contributed by atoms with E-state index in [-0.39, 0.29) is 10.8 Å². The highest BCUT2D eigenvalue weighted by atomic mass is 15.2. The number of fused-ring (bicyclic) bond motifs is 5. The first kappa shape index (κ1) is 31.0. The van der Waals surface area contributed by atoms with Gasteiger partial charge >= 0.3 is 0 Å². The summed E-state index contributed by atoms with van der Waals surface area (Å²) in [6, 6.07) is 59.7. The minimum absolute atomic E-state index is 0.0851. The Morgan fingerprint density at radius 2 is 1.02 bits per heavy atom. The Labute approximate surface area is 319 Å². The minimum atomic E-state index is -0.0851. The van der Waals surface area contributed by atoms with Gasteiger partial charge in [-0.2, -0.15) is 0 Å². The number of nitrogens with zero attached hydrogens (tertiary/aromatic N) is 1. The van der Waals surface area contributed by atoms with Crippen molar-refractivity contribution in [3.05, 3.63) is 174 Å². The molecule has 5 atom stereocenters. The van der Waals surface area contributed by atoms with E-state index in [0.717, 1.165) is 17.8 Å². The Balaban J connectivity index is 1.13. The zero-order valence-electron chi connectivity index (χ0n) is 31.2. The van der Waals surface area contributed by atoms with E-state index >= 15 is 0 Å². The van der Waals surface area contributed by atoms with E-state index < -0.39 is 0 Å². The predicted molar refractivity (Wildman–Crippen MR) is 225 cm³/mol. The lowest BCUT2D eigenvalue weighted by atomic mass is 9.38. The van der Waals surface area contributed by atoms with Crippen LogP contribution in [-0.4, -0.2) is 0 Å². The van der Waals surface area contributed by atoms with Gasteiger partial charge in [0.1, 0.15) is 0 Å². The molecule has 12 rings (SSSR count). The molecule has 1 heteroatoms. The van der Waals surface area contributed by atoms with Gasteiger partial charge in [-0.25, -0.2) is 0 Å². The second-order valence-corrected chi connectivity index (χ2v) is 17.9. The van der Waals surface area contributed by atoms with Crippen molar-refractivity contribution in [2.75, 3.05) is 4.90 Å². The summed E-state index contributed by atoms with van der Waals surface area (Å²) in [4.78, 5) is 2.70. The maximum atomic E-state index is 2.70. The van der Waals surface area contributed by atoms with Gasteiger partial charge in [0.2, 0.25) is 0 Å².